The first-order valence-electron chi connectivity index (χ1n) is 7.06. The number of thioether (sulfide) groups is 1. The Morgan fingerprint density at radius 2 is 2.16 bits per heavy atom. The van der Waals surface area contributed by atoms with E-state index in [0.29, 0.717) is 11.2 Å². The predicted octanol–water partition coefficient (Wildman–Crippen LogP) is 4.59. The molecule has 1 aliphatic heterocycles. The maximum absolute atomic E-state index is 4.86. The van der Waals surface area contributed by atoms with Gasteiger partial charge >= 0.3 is 0 Å². The summed E-state index contributed by atoms with van der Waals surface area (Å²) in [5.41, 5.74) is 1.19. The molecule has 3 nitrogen and oxygen atoms in total. The molecule has 106 valence electrons. The third-order valence-corrected chi connectivity index (χ3v) is 5.69. The fourth-order valence-electron chi connectivity index (χ4n) is 2.24. The van der Waals surface area contributed by atoms with E-state index in [2.05, 4.69) is 48.7 Å². The van der Waals surface area contributed by atoms with Gasteiger partial charge in [0.25, 0.3) is 0 Å². The predicted molar refractivity (Wildman–Crippen MR) is 92.1 cm³/mol. The van der Waals surface area contributed by atoms with Crippen molar-refractivity contribution in [3.8, 4) is 0 Å². The molecule has 0 aromatic carbocycles. The third kappa shape index (κ3) is 3.74. The Morgan fingerprint density at radius 1 is 1.37 bits per heavy atom. The summed E-state index contributed by atoms with van der Waals surface area (Å²) in [6, 6.07) is 0. The van der Waals surface area contributed by atoms with Gasteiger partial charge in [0, 0.05) is 6.54 Å². The Hall–Kier alpha value is -0.0400. The molecular formula is C14H22IN3S. The molecule has 1 saturated heterocycles. The molecule has 1 fully saturated rings. The molecule has 0 bridgehead atoms. The largest absolute Gasteiger partial charge is 0.369 e. The van der Waals surface area contributed by atoms with Gasteiger partial charge < -0.3 is 5.32 Å². The Labute approximate surface area is 133 Å². The van der Waals surface area contributed by atoms with Gasteiger partial charge in [0.1, 0.15) is 11.6 Å². The molecule has 2 heterocycles. The zero-order chi connectivity index (χ0) is 13.8. The second-order valence-electron chi connectivity index (χ2n) is 5.17. The van der Waals surface area contributed by atoms with Crippen LogP contribution < -0.4 is 5.32 Å². The highest BCUT2D eigenvalue weighted by Crippen LogP contribution is 2.38. The van der Waals surface area contributed by atoms with Gasteiger partial charge in [-0.05, 0) is 54.0 Å². The Bertz CT molecular complexity index is 431. The molecule has 2 rings (SSSR count). The monoisotopic (exact) mass is 391 g/mol. The fraction of sp³-hybridized carbons (Fsp3) is 0.714. The van der Waals surface area contributed by atoms with E-state index in [1.54, 1.807) is 0 Å². The highest BCUT2D eigenvalue weighted by atomic mass is 127. The summed E-state index contributed by atoms with van der Waals surface area (Å²) in [7, 11) is 0. The fourth-order valence-corrected chi connectivity index (χ4v) is 4.54. The van der Waals surface area contributed by atoms with E-state index in [-0.39, 0.29) is 0 Å². The van der Waals surface area contributed by atoms with Crippen LogP contribution in [0.3, 0.4) is 0 Å². The van der Waals surface area contributed by atoms with Gasteiger partial charge in [-0.15, -0.1) is 0 Å². The molecule has 1 N–H and O–H groups in total. The zero-order valence-electron chi connectivity index (χ0n) is 11.9. The normalized spacial score (nSPS) is 19.7. The van der Waals surface area contributed by atoms with E-state index in [0.717, 1.165) is 18.2 Å². The first-order valence-corrected chi connectivity index (χ1v) is 9.19. The highest BCUT2D eigenvalue weighted by molar-refractivity contribution is 14.1. The van der Waals surface area contributed by atoms with E-state index >= 15 is 0 Å². The van der Waals surface area contributed by atoms with Crippen LogP contribution in [-0.2, 0) is 0 Å². The molecular weight excluding hydrogens is 369 g/mol. The van der Waals surface area contributed by atoms with Crippen LogP contribution in [0.5, 0.6) is 0 Å². The second kappa shape index (κ2) is 7.11. The molecule has 0 radical (unpaired) electrons. The number of nitrogens with one attached hydrogen (secondary N) is 1. The lowest BCUT2D eigenvalue weighted by Crippen LogP contribution is -2.14. The highest BCUT2D eigenvalue weighted by Gasteiger charge is 2.22. The molecule has 19 heavy (non-hydrogen) atoms. The van der Waals surface area contributed by atoms with Crippen LogP contribution in [0.25, 0.3) is 0 Å². The second-order valence-corrected chi connectivity index (χ2v) is 7.56. The summed E-state index contributed by atoms with van der Waals surface area (Å²) in [6.07, 6.45) is 3.86. The van der Waals surface area contributed by atoms with E-state index < -0.39 is 0 Å². The molecule has 0 spiro atoms. The van der Waals surface area contributed by atoms with Crippen molar-refractivity contribution in [1.82, 2.24) is 9.97 Å². The lowest BCUT2D eigenvalue weighted by atomic mass is 10.1. The quantitative estimate of drug-likeness (QED) is 0.762. The smallest absolute Gasteiger partial charge is 0.144 e. The molecule has 1 atom stereocenters. The van der Waals surface area contributed by atoms with Crippen molar-refractivity contribution in [3.63, 3.8) is 0 Å². The van der Waals surface area contributed by atoms with Crippen molar-refractivity contribution < 1.29 is 0 Å². The van der Waals surface area contributed by atoms with Crippen molar-refractivity contribution in [2.24, 2.45) is 0 Å². The van der Waals surface area contributed by atoms with Crippen LogP contribution >= 0.6 is 34.4 Å². The van der Waals surface area contributed by atoms with Gasteiger partial charge in [0.2, 0.25) is 0 Å². The maximum Gasteiger partial charge on any atom is 0.144 e. The Morgan fingerprint density at radius 3 is 2.74 bits per heavy atom. The maximum atomic E-state index is 4.86. The van der Waals surface area contributed by atoms with Gasteiger partial charge in [0.15, 0.2) is 0 Å². The summed E-state index contributed by atoms with van der Waals surface area (Å²) in [5.74, 6) is 3.74. The summed E-state index contributed by atoms with van der Waals surface area (Å²) in [4.78, 5) is 9.64. The molecule has 1 aromatic rings. The van der Waals surface area contributed by atoms with Gasteiger partial charge in [-0.1, -0.05) is 20.3 Å². The molecule has 1 unspecified atom stereocenters. The van der Waals surface area contributed by atoms with Crippen LogP contribution in [0.15, 0.2) is 0 Å². The summed E-state index contributed by atoms with van der Waals surface area (Å²) in [5, 5.41) is 3.87. The SMILES string of the molecule is CCNc1nc(C2CCCCS2)nc(C(C)C)c1I. The van der Waals surface area contributed by atoms with Gasteiger partial charge in [-0.25, -0.2) is 9.97 Å². The van der Waals surface area contributed by atoms with Crippen LogP contribution in [0.2, 0.25) is 0 Å². The average Bonchev–Trinajstić information content (AvgIpc) is 2.42. The van der Waals surface area contributed by atoms with Crippen molar-refractivity contribution in [2.75, 3.05) is 17.6 Å². The number of nitrogens with zero attached hydrogens (tertiary/aromatic N) is 2. The number of hydrogen-bond donors (Lipinski definition) is 1. The first kappa shape index (κ1) is 15.4. The van der Waals surface area contributed by atoms with Crippen LogP contribution in [-0.4, -0.2) is 22.3 Å². The standard InChI is InChI=1S/C14H22IN3S/c1-4-16-14-11(15)12(9(2)3)17-13(18-14)10-7-5-6-8-19-10/h9-10H,4-8H2,1-3H3,(H,16,17,18). The summed E-state index contributed by atoms with van der Waals surface area (Å²) in [6.45, 7) is 7.43. The topological polar surface area (TPSA) is 37.8 Å². The lowest BCUT2D eigenvalue weighted by molar-refractivity contribution is 0.653. The van der Waals surface area contributed by atoms with Gasteiger partial charge in [-0.3, -0.25) is 0 Å². The molecule has 1 aromatic heterocycles. The molecule has 0 aliphatic carbocycles. The van der Waals surface area contributed by atoms with Crippen molar-refractivity contribution >= 4 is 40.2 Å². The van der Waals surface area contributed by atoms with Crippen LogP contribution in [0.1, 0.15) is 62.7 Å². The Kier molecular flexibility index (Phi) is 5.74. The minimum absolute atomic E-state index is 0.444. The molecule has 0 saturated carbocycles. The van der Waals surface area contributed by atoms with Gasteiger partial charge in [-0.2, -0.15) is 11.8 Å². The molecule has 5 heteroatoms. The zero-order valence-corrected chi connectivity index (χ0v) is 14.8. The Balaban J connectivity index is 2.36. The van der Waals surface area contributed by atoms with E-state index in [1.165, 1.54) is 34.3 Å². The number of hydrogen-bond acceptors (Lipinski definition) is 4. The van der Waals surface area contributed by atoms with Crippen LogP contribution in [0.4, 0.5) is 5.82 Å². The van der Waals surface area contributed by atoms with E-state index in [1.807, 2.05) is 11.8 Å². The lowest BCUT2D eigenvalue weighted by Gasteiger charge is -2.22. The number of rotatable bonds is 4. The summed E-state index contributed by atoms with van der Waals surface area (Å²) >= 11 is 4.39. The van der Waals surface area contributed by atoms with Crippen LogP contribution in [0, 0.1) is 3.57 Å². The number of aromatic nitrogens is 2. The average molecular weight is 391 g/mol. The van der Waals surface area contributed by atoms with Crippen molar-refractivity contribution in [2.45, 2.75) is 51.2 Å². The van der Waals surface area contributed by atoms with Crippen molar-refractivity contribution in [1.29, 1.82) is 0 Å². The summed E-state index contributed by atoms with van der Waals surface area (Å²) < 4.78 is 1.18. The van der Waals surface area contributed by atoms with Crippen molar-refractivity contribution in [3.05, 3.63) is 15.1 Å². The van der Waals surface area contributed by atoms with Gasteiger partial charge in [0.05, 0.1) is 14.5 Å². The first-order chi connectivity index (χ1) is 9.13. The third-order valence-electron chi connectivity index (χ3n) is 3.25. The van der Waals surface area contributed by atoms with E-state index in [4.69, 9.17) is 9.97 Å². The molecule has 0 amide bonds. The van der Waals surface area contributed by atoms with E-state index in [9.17, 15) is 0 Å². The minimum atomic E-state index is 0.444. The minimum Gasteiger partial charge on any atom is -0.369 e. The number of anilines is 1. The molecule has 1 aliphatic rings. The number of halogens is 1.